The van der Waals surface area contributed by atoms with E-state index in [-0.39, 0.29) is 0 Å². The van der Waals surface area contributed by atoms with Crippen molar-refractivity contribution in [2.45, 2.75) is 6.61 Å². The van der Waals surface area contributed by atoms with Gasteiger partial charge in [-0.1, -0.05) is 42.5 Å². The average molecular weight is 293 g/mol. The van der Waals surface area contributed by atoms with E-state index in [1.165, 1.54) is 0 Å². The van der Waals surface area contributed by atoms with Crippen LogP contribution in [-0.2, 0) is 6.61 Å². The first-order chi connectivity index (χ1) is 10.8. The number of rotatable bonds is 4. The molecule has 4 nitrogen and oxygen atoms in total. The van der Waals surface area contributed by atoms with Crippen LogP contribution >= 0.6 is 0 Å². The Balaban J connectivity index is 1.75. The first kappa shape index (κ1) is 14.1. The molecule has 0 aliphatic rings. The van der Waals surface area contributed by atoms with E-state index < -0.39 is 5.91 Å². The molecule has 3 rings (SSSR count). The number of hydrogen-bond donors (Lipinski definition) is 2. The van der Waals surface area contributed by atoms with Crippen molar-refractivity contribution < 1.29 is 14.7 Å². The molecule has 4 heteroatoms. The SMILES string of the molecule is O=C(NO)c1cccc(COc2ccc3ccccc3c2)c1. The Hall–Kier alpha value is -2.85. The van der Waals surface area contributed by atoms with Crippen molar-refractivity contribution >= 4 is 16.7 Å². The third-order valence-electron chi connectivity index (χ3n) is 3.42. The van der Waals surface area contributed by atoms with Crippen LogP contribution in [0.25, 0.3) is 10.8 Å². The van der Waals surface area contributed by atoms with Crippen LogP contribution in [0.2, 0.25) is 0 Å². The molecule has 0 aliphatic carbocycles. The summed E-state index contributed by atoms with van der Waals surface area (Å²) < 4.78 is 5.77. The van der Waals surface area contributed by atoms with Crippen molar-refractivity contribution in [1.29, 1.82) is 0 Å². The summed E-state index contributed by atoms with van der Waals surface area (Å²) in [5.74, 6) is 0.239. The van der Waals surface area contributed by atoms with E-state index in [1.54, 1.807) is 23.7 Å². The van der Waals surface area contributed by atoms with Crippen molar-refractivity contribution in [3.8, 4) is 5.75 Å². The van der Waals surface area contributed by atoms with E-state index in [1.807, 2.05) is 42.5 Å². The first-order valence-corrected chi connectivity index (χ1v) is 6.91. The lowest BCUT2D eigenvalue weighted by molar-refractivity contribution is 0.0706. The molecule has 3 aromatic carbocycles. The van der Waals surface area contributed by atoms with Gasteiger partial charge in [-0.3, -0.25) is 10.0 Å². The van der Waals surface area contributed by atoms with Crippen LogP contribution in [0.15, 0.2) is 66.7 Å². The molecule has 2 N–H and O–H groups in total. The van der Waals surface area contributed by atoms with E-state index in [9.17, 15) is 4.79 Å². The molecule has 0 heterocycles. The Morgan fingerprint density at radius 2 is 1.77 bits per heavy atom. The minimum absolute atomic E-state index is 0.352. The fraction of sp³-hybridized carbons (Fsp3) is 0.0556. The van der Waals surface area contributed by atoms with Gasteiger partial charge in [0.25, 0.3) is 5.91 Å². The monoisotopic (exact) mass is 293 g/mol. The van der Waals surface area contributed by atoms with E-state index >= 15 is 0 Å². The number of hydroxylamine groups is 1. The number of amides is 1. The minimum atomic E-state index is -0.535. The number of carbonyl (C=O) groups is 1. The lowest BCUT2D eigenvalue weighted by atomic mass is 10.1. The van der Waals surface area contributed by atoms with Gasteiger partial charge in [0, 0.05) is 5.56 Å². The zero-order valence-corrected chi connectivity index (χ0v) is 11.8. The Bertz CT molecular complexity index is 814. The van der Waals surface area contributed by atoms with Crippen molar-refractivity contribution in [3.63, 3.8) is 0 Å². The zero-order valence-electron chi connectivity index (χ0n) is 11.8. The molecule has 0 spiro atoms. The molecule has 0 saturated heterocycles. The Labute approximate surface area is 127 Å². The number of nitrogens with one attached hydrogen (secondary N) is 1. The predicted octanol–water partition coefficient (Wildman–Crippen LogP) is 3.54. The molecule has 1 amide bonds. The number of ether oxygens (including phenoxy) is 1. The minimum Gasteiger partial charge on any atom is -0.489 e. The molecular weight excluding hydrogens is 278 g/mol. The van der Waals surface area contributed by atoms with Crippen LogP contribution in [0.3, 0.4) is 0 Å². The van der Waals surface area contributed by atoms with Gasteiger partial charge in [-0.05, 0) is 40.6 Å². The van der Waals surface area contributed by atoms with Crippen molar-refractivity contribution in [3.05, 3.63) is 77.9 Å². The van der Waals surface area contributed by atoms with Crippen LogP contribution in [0.4, 0.5) is 0 Å². The number of hydrogen-bond acceptors (Lipinski definition) is 3. The number of carbonyl (C=O) groups excluding carboxylic acids is 1. The summed E-state index contributed by atoms with van der Waals surface area (Å²) in [6, 6.07) is 20.9. The van der Waals surface area contributed by atoms with Crippen molar-refractivity contribution in [1.82, 2.24) is 5.48 Å². The van der Waals surface area contributed by atoms with Crippen LogP contribution < -0.4 is 10.2 Å². The van der Waals surface area contributed by atoms with Gasteiger partial charge >= 0.3 is 0 Å². The quantitative estimate of drug-likeness (QED) is 0.571. The molecule has 0 aliphatic heterocycles. The molecular formula is C18H15NO3. The van der Waals surface area contributed by atoms with Gasteiger partial charge in [0.15, 0.2) is 0 Å². The molecule has 0 bridgehead atoms. The van der Waals surface area contributed by atoms with Gasteiger partial charge in [0.05, 0.1) is 0 Å². The highest BCUT2D eigenvalue weighted by molar-refractivity contribution is 5.93. The van der Waals surface area contributed by atoms with Gasteiger partial charge in [-0.15, -0.1) is 0 Å². The van der Waals surface area contributed by atoms with E-state index in [2.05, 4.69) is 6.07 Å². The lowest BCUT2D eigenvalue weighted by Crippen LogP contribution is -2.18. The van der Waals surface area contributed by atoms with Gasteiger partial charge < -0.3 is 4.74 Å². The molecule has 22 heavy (non-hydrogen) atoms. The van der Waals surface area contributed by atoms with Gasteiger partial charge in [-0.2, -0.15) is 0 Å². The van der Waals surface area contributed by atoms with Gasteiger partial charge in [0.2, 0.25) is 0 Å². The second kappa shape index (κ2) is 6.28. The Kier molecular flexibility index (Phi) is 4.03. The second-order valence-electron chi connectivity index (χ2n) is 4.94. The van der Waals surface area contributed by atoms with Gasteiger partial charge in [-0.25, -0.2) is 5.48 Å². The molecule has 0 unspecified atom stereocenters. The third kappa shape index (κ3) is 3.07. The molecule has 0 radical (unpaired) electrons. The van der Waals surface area contributed by atoms with E-state index in [0.717, 1.165) is 22.1 Å². The summed E-state index contributed by atoms with van der Waals surface area (Å²) >= 11 is 0. The summed E-state index contributed by atoms with van der Waals surface area (Å²) in [7, 11) is 0. The highest BCUT2D eigenvalue weighted by atomic mass is 16.5. The Morgan fingerprint density at radius 1 is 0.955 bits per heavy atom. The standard InChI is InChI=1S/C18H15NO3/c20-18(19-21)16-7-3-4-13(10-16)12-22-17-9-8-14-5-1-2-6-15(14)11-17/h1-11,21H,12H2,(H,19,20). The number of fused-ring (bicyclic) bond motifs is 1. The maximum absolute atomic E-state index is 11.4. The zero-order chi connectivity index (χ0) is 15.4. The number of benzene rings is 3. The maximum atomic E-state index is 11.4. The van der Waals surface area contributed by atoms with E-state index in [0.29, 0.717) is 12.2 Å². The highest BCUT2D eigenvalue weighted by Gasteiger charge is 2.05. The maximum Gasteiger partial charge on any atom is 0.274 e. The smallest absolute Gasteiger partial charge is 0.274 e. The fourth-order valence-electron chi connectivity index (χ4n) is 2.29. The molecule has 0 atom stereocenters. The largest absolute Gasteiger partial charge is 0.489 e. The summed E-state index contributed by atoms with van der Waals surface area (Å²) in [5.41, 5.74) is 2.87. The summed E-state index contributed by atoms with van der Waals surface area (Å²) in [6.07, 6.45) is 0. The van der Waals surface area contributed by atoms with Crippen LogP contribution in [0, 0.1) is 0 Å². The molecule has 3 aromatic rings. The summed E-state index contributed by atoms with van der Waals surface area (Å²) in [6.45, 7) is 0.352. The molecule has 0 saturated carbocycles. The van der Waals surface area contributed by atoms with Crippen LogP contribution in [-0.4, -0.2) is 11.1 Å². The topological polar surface area (TPSA) is 58.6 Å². The third-order valence-corrected chi connectivity index (χ3v) is 3.42. The van der Waals surface area contributed by atoms with Crippen LogP contribution in [0.1, 0.15) is 15.9 Å². The summed E-state index contributed by atoms with van der Waals surface area (Å²) in [4.78, 5) is 11.4. The van der Waals surface area contributed by atoms with Crippen molar-refractivity contribution in [2.75, 3.05) is 0 Å². The van der Waals surface area contributed by atoms with Crippen molar-refractivity contribution in [2.24, 2.45) is 0 Å². The van der Waals surface area contributed by atoms with Crippen LogP contribution in [0.5, 0.6) is 5.75 Å². The van der Waals surface area contributed by atoms with E-state index in [4.69, 9.17) is 9.94 Å². The fourth-order valence-corrected chi connectivity index (χ4v) is 2.29. The second-order valence-corrected chi connectivity index (χ2v) is 4.94. The molecule has 110 valence electrons. The average Bonchev–Trinajstić information content (AvgIpc) is 2.59. The molecule has 0 fully saturated rings. The normalized spacial score (nSPS) is 10.4. The Morgan fingerprint density at radius 3 is 2.59 bits per heavy atom. The lowest BCUT2D eigenvalue weighted by Gasteiger charge is -2.08. The molecule has 0 aromatic heterocycles. The summed E-state index contributed by atoms with van der Waals surface area (Å²) in [5, 5.41) is 10.9. The first-order valence-electron chi connectivity index (χ1n) is 6.91. The predicted molar refractivity (Wildman–Crippen MR) is 84.0 cm³/mol. The van der Waals surface area contributed by atoms with Gasteiger partial charge in [0.1, 0.15) is 12.4 Å². The highest BCUT2D eigenvalue weighted by Crippen LogP contribution is 2.21.